The van der Waals surface area contributed by atoms with E-state index in [1.165, 1.54) is 6.07 Å². The second-order valence-electron chi connectivity index (χ2n) is 7.30. The third kappa shape index (κ3) is 4.22. The number of nitrogens with zero attached hydrogens (tertiary/aromatic N) is 7. The first-order chi connectivity index (χ1) is 14.3. The van der Waals surface area contributed by atoms with E-state index < -0.39 is 11.7 Å². The summed E-state index contributed by atoms with van der Waals surface area (Å²) in [5.41, 5.74) is 1.16. The van der Waals surface area contributed by atoms with Crippen molar-refractivity contribution in [3.8, 4) is 5.82 Å². The number of hydrogen-bond acceptors (Lipinski definition) is 6. The molecule has 10 heteroatoms. The Bertz CT molecular complexity index is 1010. The zero-order valence-corrected chi connectivity index (χ0v) is 16.8. The molecule has 7 nitrogen and oxygen atoms in total. The summed E-state index contributed by atoms with van der Waals surface area (Å²) in [6.45, 7) is 6.67. The van der Waals surface area contributed by atoms with Gasteiger partial charge < -0.3 is 9.80 Å². The first-order valence-electron chi connectivity index (χ1n) is 9.70. The molecule has 0 amide bonds. The van der Waals surface area contributed by atoms with Crippen LogP contribution in [0.4, 0.5) is 24.8 Å². The Morgan fingerprint density at radius 2 is 1.57 bits per heavy atom. The van der Waals surface area contributed by atoms with Crippen LogP contribution in [-0.4, -0.2) is 50.9 Å². The number of aryl methyl sites for hydroxylation is 2. The van der Waals surface area contributed by atoms with E-state index in [1.807, 2.05) is 24.8 Å². The van der Waals surface area contributed by atoms with Crippen molar-refractivity contribution >= 4 is 11.6 Å². The number of rotatable bonds is 3. The molecule has 0 aromatic carbocycles. The zero-order chi connectivity index (χ0) is 21.3. The maximum absolute atomic E-state index is 12.8. The van der Waals surface area contributed by atoms with E-state index in [-0.39, 0.29) is 0 Å². The lowest BCUT2D eigenvalue weighted by atomic mass is 10.2. The first kappa shape index (κ1) is 20.1. The van der Waals surface area contributed by atoms with Crippen LogP contribution < -0.4 is 9.80 Å². The monoisotopic (exact) mass is 417 g/mol. The van der Waals surface area contributed by atoms with Crippen molar-refractivity contribution in [2.45, 2.75) is 26.4 Å². The van der Waals surface area contributed by atoms with Crippen LogP contribution in [0, 0.1) is 13.8 Å². The van der Waals surface area contributed by atoms with Crippen molar-refractivity contribution in [3.05, 3.63) is 53.7 Å². The summed E-state index contributed by atoms with van der Waals surface area (Å²) in [6, 6.07) is 4.49. The highest BCUT2D eigenvalue weighted by molar-refractivity contribution is 5.44. The van der Waals surface area contributed by atoms with Gasteiger partial charge in [-0.25, -0.2) is 14.6 Å². The summed E-state index contributed by atoms with van der Waals surface area (Å²) in [7, 11) is 0. The smallest absolute Gasteiger partial charge is 0.355 e. The fourth-order valence-corrected chi connectivity index (χ4v) is 3.58. The molecule has 4 heterocycles. The van der Waals surface area contributed by atoms with Gasteiger partial charge >= 0.3 is 6.18 Å². The van der Waals surface area contributed by atoms with Gasteiger partial charge in [0.15, 0.2) is 5.82 Å². The molecule has 158 valence electrons. The molecular weight excluding hydrogens is 395 g/mol. The Morgan fingerprint density at radius 1 is 0.867 bits per heavy atom. The van der Waals surface area contributed by atoms with E-state index >= 15 is 0 Å². The largest absolute Gasteiger partial charge is 0.417 e. The Hall–Kier alpha value is -3.17. The Morgan fingerprint density at radius 3 is 2.17 bits per heavy atom. The summed E-state index contributed by atoms with van der Waals surface area (Å²) >= 11 is 0. The molecular formula is C20H22F3N7. The summed E-state index contributed by atoms with van der Waals surface area (Å²) < 4.78 is 40.1. The fraction of sp³-hybridized carbons (Fsp3) is 0.400. The third-order valence-corrected chi connectivity index (χ3v) is 5.05. The van der Waals surface area contributed by atoms with Gasteiger partial charge in [-0.05, 0) is 38.5 Å². The minimum Gasteiger partial charge on any atom is -0.355 e. The van der Waals surface area contributed by atoms with Gasteiger partial charge in [0, 0.05) is 38.1 Å². The highest BCUT2D eigenvalue weighted by atomic mass is 19.4. The van der Waals surface area contributed by atoms with Gasteiger partial charge in [-0.2, -0.15) is 18.3 Å². The Kier molecular flexibility index (Phi) is 5.31. The van der Waals surface area contributed by atoms with Gasteiger partial charge in [-0.15, -0.1) is 0 Å². The van der Waals surface area contributed by atoms with E-state index in [0.717, 1.165) is 42.4 Å². The quantitative estimate of drug-likeness (QED) is 0.651. The zero-order valence-electron chi connectivity index (χ0n) is 16.8. The predicted octanol–water partition coefficient (Wildman–Crippen LogP) is 3.41. The number of anilines is 2. The molecule has 1 aliphatic rings. The number of aromatic nitrogens is 5. The topological polar surface area (TPSA) is 63.0 Å². The average molecular weight is 417 g/mol. The molecule has 30 heavy (non-hydrogen) atoms. The van der Waals surface area contributed by atoms with Gasteiger partial charge in [0.2, 0.25) is 0 Å². The lowest BCUT2D eigenvalue weighted by Crippen LogP contribution is -2.31. The molecule has 0 atom stereocenters. The van der Waals surface area contributed by atoms with Gasteiger partial charge in [-0.1, -0.05) is 0 Å². The highest BCUT2D eigenvalue weighted by Gasteiger charge is 2.31. The van der Waals surface area contributed by atoms with E-state index in [2.05, 4.69) is 20.0 Å². The average Bonchev–Trinajstić information content (AvgIpc) is 2.91. The molecule has 0 saturated carbocycles. The molecule has 4 rings (SSSR count). The lowest BCUT2D eigenvalue weighted by molar-refractivity contribution is -0.137. The number of pyridine rings is 1. The fourth-order valence-electron chi connectivity index (χ4n) is 3.58. The van der Waals surface area contributed by atoms with Gasteiger partial charge in [0.25, 0.3) is 0 Å². The molecule has 0 radical (unpaired) electrons. The van der Waals surface area contributed by atoms with Crippen molar-refractivity contribution < 1.29 is 13.2 Å². The van der Waals surface area contributed by atoms with E-state index in [9.17, 15) is 13.2 Å². The molecule has 1 saturated heterocycles. The third-order valence-electron chi connectivity index (χ3n) is 5.05. The van der Waals surface area contributed by atoms with Crippen molar-refractivity contribution in [1.29, 1.82) is 0 Å². The summed E-state index contributed by atoms with van der Waals surface area (Å²) in [4.78, 5) is 17.2. The van der Waals surface area contributed by atoms with Crippen LogP contribution in [0.1, 0.15) is 23.4 Å². The predicted molar refractivity (Wildman–Crippen MR) is 107 cm³/mol. The summed E-state index contributed by atoms with van der Waals surface area (Å²) in [5, 5.41) is 4.46. The van der Waals surface area contributed by atoms with E-state index in [4.69, 9.17) is 4.98 Å². The maximum atomic E-state index is 12.8. The normalized spacial score (nSPS) is 15.4. The van der Waals surface area contributed by atoms with Gasteiger partial charge in [0.1, 0.15) is 11.6 Å². The molecule has 0 spiro atoms. The number of hydrogen-bond donors (Lipinski definition) is 0. The molecule has 0 aliphatic carbocycles. The molecule has 3 aromatic heterocycles. The molecule has 1 fully saturated rings. The van der Waals surface area contributed by atoms with Gasteiger partial charge in [0.05, 0.1) is 23.7 Å². The van der Waals surface area contributed by atoms with Crippen molar-refractivity contribution in [1.82, 2.24) is 24.7 Å². The minimum absolute atomic E-state index is 0.548. The van der Waals surface area contributed by atoms with Crippen molar-refractivity contribution in [2.75, 3.05) is 36.0 Å². The van der Waals surface area contributed by atoms with E-state index in [1.54, 1.807) is 17.1 Å². The van der Waals surface area contributed by atoms with Crippen molar-refractivity contribution in [3.63, 3.8) is 0 Å². The minimum atomic E-state index is -4.38. The second-order valence-corrected chi connectivity index (χ2v) is 7.30. The van der Waals surface area contributed by atoms with Crippen LogP contribution in [0.25, 0.3) is 5.82 Å². The van der Waals surface area contributed by atoms with Crippen LogP contribution in [0.2, 0.25) is 0 Å². The van der Waals surface area contributed by atoms with E-state index in [0.29, 0.717) is 31.3 Å². The van der Waals surface area contributed by atoms with Crippen LogP contribution in [0.15, 0.2) is 36.8 Å². The maximum Gasteiger partial charge on any atom is 0.417 e. The molecule has 3 aromatic rings. The molecule has 0 unspecified atom stereocenters. The Labute approximate surface area is 172 Å². The summed E-state index contributed by atoms with van der Waals surface area (Å²) in [5.74, 6) is 1.96. The van der Waals surface area contributed by atoms with Crippen molar-refractivity contribution in [2.24, 2.45) is 0 Å². The molecule has 1 aliphatic heterocycles. The van der Waals surface area contributed by atoms with Crippen LogP contribution in [0.5, 0.6) is 0 Å². The molecule has 0 bridgehead atoms. The van der Waals surface area contributed by atoms with Crippen LogP contribution in [-0.2, 0) is 6.18 Å². The van der Waals surface area contributed by atoms with Crippen LogP contribution in [0.3, 0.4) is 0 Å². The second kappa shape index (κ2) is 7.92. The number of alkyl halides is 3. The SMILES string of the molecule is Cc1cc(C)n(-c2cncc(N3CCCN(c4ccc(C(F)(F)F)cn4)CC3)n2)n1. The molecule has 0 N–H and O–H groups in total. The van der Waals surface area contributed by atoms with Gasteiger partial charge in [-0.3, -0.25) is 4.98 Å². The van der Waals surface area contributed by atoms with Crippen LogP contribution >= 0.6 is 0 Å². The first-order valence-corrected chi connectivity index (χ1v) is 9.70. The lowest BCUT2D eigenvalue weighted by Gasteiger charge is -2.23. The number of halogens is 3. The standard InChI is InChI=1S/C20H22F3N7/c1-14-10-15(2)30(27-14)19-13-24-12-18(26-19)29-7-3-6-28(8-9-29)17-5-4-16(11-25-17)20(21,22)23/h4-5,10-13H,3,6-9H2,1-2H3. The summed E-state index contributed by atoms with van der Waals surface area (Å²) in [6.07, 6.45) is 0.743. The Balaban J connectivity index is 1.48. The highest BCUT2D eigenvalue weighted by Crippen LogP contribution is 2.29.